The van der Waals surface area contributed by atoms with E-state index in [0.717, 1.165) is 30.8 Å². The fourth-order valence-corrected chi connectivity index (χ4v) is 7.81. The maximum atomic E-state index is 13.1. The van der Waals surface area contributed by atoms with E-state index in [1.165, 1.54) is 54.7 Å². The topological polar surface area (TPSA) is 101 Å². The van der Waals surface area contributed by atoms with Gasteiger partial charge in [-0.1, -0.05) is 49.6 Å². The molecule has 226 valence electrons. The van der Waals surface area contributed by atoms with Crippen LogP contribution in [0.3, 0.4) is 0 Å². The Kier molecular flexibility index (Phi) is 11.0. The highest BCUT2D eigenvalue weighted by molar-refractivity contribution is 7.99. The summed E-state index contributed by atoms with van der Waals surface area (Å²) in [5, 5.41) is 3.05. The van der Waals surface area contributed by atoms with Crippen molar-refractivity contribution >= 4 is 41.4 Å². The van der Waals surface area contributed by atoms with Crippen molar-refractivity contribution in [1.29, 1.82) is 0 Å². The number of hydrogen-bond acceptors (Lipinski definition) is 7. The second-order valence-corrected chi connectivity index (χ2v) is 13.1. The molecule has 3 amide bonds. The molecule has 2 heterocycles. The number of nitrogens with one attached hydrogen (secondary N) is 2. The molecule has 1 saturated heterocycles. The molecule has 0 radical (unpaired) electrons. The summed E-state index contributed by atoms with van der Waals surface area (Å²) in [6.07, 6.45) is 9.91. The van der Waals surface area contributed by atoms with Gasteiger partial charge in [0.25, 0.3) is 11.8 Å². The predicted molar refractivity (Wildman–Crippen MR) is 172 cm³/mol. The van der Waals surface area contributed by atoms with Crippen molar-refractivity contribution in [2.24, 2.45) is 5.92 Å². The van der Waals surface area contributed by atoms with Gasteiger partial charge in [-0.25, -0.2) is 0 Å². The zero-order chi connectivity index (χ0) is 30.0. The molecule has 43 heavy (non-hydrogen) atoms. The van der Waals surface area contributed by atoms with E-state index in [1.54, 1.807) is 30.2 Å². The largest absolute Gasteiger partial charge is 0.457 e. The van der Waals surface area contributed by atoms with Crippen molar-refractivity contribution in [1.82, 2.24) is 19.9 Å². The zero-order valence-electron chi connectivity index (χ0n) is 24.3. The van der Waals surface area contributed by atoms with E-state index in [0.29, 0.717) is 23.1 Å². The molecule has 3 atom stereocenters. The van der Waals surface area contributed by atoms with Crippen LogP contribution < -0.4 is 14.8 Å². The third-order valence-electron chi connectivity index (χ3n) is 7.93. The highest BCUT2D eigenvalue weighted by Gasteiger charge is 2.36. The molecule has 0 spiro atoms. The first-order valence-corrected chi connectivity index (χ1v) is 16.9. The molecule has 5 rings (SSSR count). The molecule has 1 aliphatic carbocycles. The highest BCUT2D eigenvalue weighted by Crippen LogP contribution is 2.34. The lowest BCUT2D eigenvalue weighted by molar-refractivity contribution is -0.129. The van der Waals surface area contributed by atoms with Crippen molar-refractivity contribution in [2.75, 3.05) is 11.6 Å². The molecular weight excluding hydrogens is 581 g/mol. The number of rotatable bonds is 11. The average Bonchev–Trinajstić information content (AvgIpc) is 3.55. The maximum absolute atomic E-state index is 13.1. The Hall–Kier alpha value is -3.50. The molecule has 2 aromatic carbocycles. The summed E-state index contributed by atoms with van der Waals surface area (Å²) in [4.78, 5) is 44.8. The van der Waals surface area contributed by atoms with Crippen LogP contribution in [0, 0.1) is 5.92 Å². The van der Waals surface area contributed by atoms with Gasteiger partial charge in [-0.3, -0.25) is 24.1 Å². The van der Waals surface area contributed by atoms with Crippen LogP contribution in [0.15, 0.2) is 79.1 Å². The van der Waals surface area contributed by atoms with E-state index in [2.05, 4.69) is 27.2 Å². The molecule has 1 aliphatic heterocycles. The normalized spacial score (nSPS) is 18.4. The minimum atomic E-state index is -0.734. The summed E-state index contributed by atoms with van der Waals surface area (Å²) < 4.78 is 8.99. The Morgan fingerprint density at radius 2 is 1.74 bits per heavy atom. The van der Waals surface area contributed by atoms with Crippen LogP contribution in [0.4, 0.5) is 0 Å². The van der Waals surface area contributed by atoms with Crippen LogP contribution in [0.1, 0.15) is 54.9 Å². The van der Waals surface area contributed by atoms with E-state index in [9.17, 15) is 14.4 Å². The molecule has 2 fully saturated rings. The van der Waals surface area contributed by atoms with Crippen molar-refractivity contribution in [2.45, 2.75) is 62.8 Å². The Balaban J connectivity index is 1.16. The molecule has 1 unspecified atom stereocenters. The third kappa shape index (κ3) is 8.54. The summed E-state index contributed by atoms with van der Waals surface area (Å²) in [5.41, 5.74) is 1.63. The highest BCUT2D eigenvalue weighted by atomic mass is 32.2. The summed E-state index contributed by atoms with van der Waals surface area (Å²) in [6, 6.07) is 19.9. The lowest BCUT2D eigenvalue weighted by Crippen LogP contribution is -2.52. The van der Waals surface area contributed by atoms with Gasteiger partial charge in [0.05, 0.1) is 11.4 Å². The van der Waals surface area contributed by atoms with Gasteiger partial charge < -0.3 is 15.0 Å². The lowest BCUT2D eigenvalue weighted by Gasteiger charge is -2.30. The van der Waals surface area contributed by atoms with E-state index >= 15 is 0 Å². The number of nitrogens with zero attached hydrogens (tertiary/aromatic N) is 2. The van der Waals surface area contributed by atoms with Crippen LogP contribution in [0.25, 0.3) is 0 Å². The zero-order valence-corrected chi connectivity index (χ0v) is 25.9. The standard InChI is InChI=1S/C33H38N4O4S2/c1-23(35-32(39)29-21-42-22-37(29)33(40)26-11-8-18-34-20-26)31(38)36-43-30(25-9-4-2-5-10-25)19-24-14-16-28(17-15-24)41-27-12-6-3-7-13-27/h3,6-8,11-18,20,23,25,29-30H,2,4-5,9-10,19,21-22H2,1H3,(H,35,39)(H,36,38)/t23-,29+,30?/m1/s1. The van der Waals surface area contributed by atoms with E-state index in [1.807, 2.05) is 42.5 Å². The van der Waals surface area contributed by atoms with Gasteiger partial charge in [0.2, 0.25) is 5.91 Å². The van der Waals surface area contributed by atoms with Gasteiger partial charge >= 0.3 is 0 Å². The number of pyridine rings is 1. The first kappa shape index (κ1) is 30.9. The number of benzene rings is 2. The Morgan fingerprint density at radius 3 is 2.47 bits per heavy atom. The summed E-state index contributed by atoms with van der Waals surface area (Å²) in [5.74, 6) is 2.20. The van der Waals surface area contributed by atoms with Gasteiger partial charge in [0.15, 0.2) is 0 Å². The number of carbonyl (C=O) groups excluding carboxylic acids is 3. The van der Waals surface area contributed by atoms with Crippen molar-refractivity contribution < 1.29 is 19.1 Å². The van der Waals surface area contributed by atoms with Crippen molar-refractivity contribution in [3.63, 3.8) is 0 Å². The van der Waals surface area contributed by atoms with Crippen molar-refractivity contribution in [3.8, 4) is 11.5 Å². The van der Waals surface area contributed by atoms with E-state index < -0.39 is 12.1 Å². The first-order valence-electron chi connectivity index (χ1n) is 14.8. The fourth-order valence-electron chi connectivity index (χ4n) is 5.47. The van der Waals surface area contributed by atoms with Crippen LogP contribution in [-0.2, 0) is 16.0 Å². The molecule has 3 aromatic rings. The van der Waals surface area contributed by atoms with Gasteiger partial charge in [0, 0.05) is 23.4 Å². The second kappa shape index (κ2) is 15.3. The Morgan fingerprint density at radius 1 is 1.00 bits per heavy atom. The summed E-state index contributed by atoms with van der Waals surface area (Å²) in [7, 11) is 0. The smallest absolute Gasteiger partial charge is 0.256 e. The number of para-hydroxylation sites is 1. The van der Waals surface area contributed by atoms with Crippen LogP contribution in [-0.4, -0.2) is 56.6 Å². The Labute approximate surface area is 261 Å². The number of hydrogen-bond donors (Lipinski definition) is 2. The molecule has 1 saturated carbocycles. The first-order chi connectivity index (χ1) is 21.0. The van der Waals surface area contributed by atoms with E-state index in [4.69, 9.17) is 4.74 Å². The monoisotopic (exact) mass is 618 g/mol. The quantitative estimate of drug-likeness (QED) is 0.260. The van der Waals surface area contributed by atoms with Gasteiger partial charge in [0.1, 0.15) is 23.6 Å². The lowest BCUT2D eigenvalue weighted by atomic mass is 9.85. The fraction of sp³-hybridized carbons (Fsp3) is 0.394. The number of carbonyl (C=O) groups is 3. The van der Waals surface area contributed by atoms with E-state index in [-0.39, 0.29) is 23.0 Å². The molecule has 1 aromatic heterocycles. The minimum Gasteiger partial charge on any atom is -0.457 e. The van der Waals surface area contributed by atoms with Crippen LogP contribution >= 0.6 is 23.7 Å². The Bertz CT molecular complexity index is 1350. The van der Waals surface area contributed by atoms with Crippen molar-refractivity contribution in [3.05, 3.63) is 90.3 Å². The van der Waals surface area contributed by atoms with Gasteiger partial charge in [-0.05, 0) is 86.0 Å². The SMILES string of the molecule is C[C@@H](NC(=O)[C@@H]1CSCN1C(=O)c1cccnc1)C(=O)NSC(Cc1ccc(Oc2ccccc2)cc1)C1CCCCC1. The van der Waals surface area contributed by atoms with Gasteiger partial charge in [-0.15, -0.1) is 11.8 Å². The molecule has 0 bridgehead atoms. The number of aromatic nitrogens is 1. The molecule has 2 N–H and O–H groups in total. The number of amides is 3. The molecule has 10 heteroatoms. The maximum Gasteiger partial charge on any atom is 0.256 e. The molecule has 2 aliphatic rings. The second-order valence-electron chi connectivity index (χ2n) is 11.0. The summed E-state index contributed by atoms with van der Waals surface area (Å²) in [6.45, 7) is 1.68. The molecule has 8 nitrogen and oxygen atoms in total. The van der Waals surface area contributed by atoms with Crippen LogP contribution in [0.5, 0.6) is 11.5 Å². The summed E-state index contributed by atoms with van der Waals surface area (Å²) >= 11 is 2.99. The molecular formula is C33H38N4O4S2. The minimum absolute atomic E-state index is 0.215. The number of ether oxygens (including phenoxy) is 1. The number of thioether (sulfide) groups is 1. The predicted octanol–water partition coefficient (Wildman–Crippen LogP) is 5.85. The van der Waals surface area contributed by atoms with Crippen LogP contribution in [0.2, 0.25) is 0 Å². The average molecular weight is 619 g/mol. The third-order valence-corrected chi connectivity index (χ3v) is 10.1. The van der Waals surface area contributed by atoms with Gasteiger partial charge in [-0.2, -0.15) is 0 Å².